The van der Waals surface area contributed by atoms with Crippen LogP contribution in [0.2, 0.25) is 0 Å². The fourth-order valence-electron chi connectivity index (χ4n) is 5.34. The van der Waals surface area contributed by atoms with E-state index in [9.17, 15) is 0 Å². The summed E-state index contributed by atoms with van der Waals surface area (Å²) < 4.78 is 62.1. The lowest BCUT2D eigenvalue weighted by Gasteiger charge is -2.48. The molecule has 6 rings (SSSR count). The molecule has 1 fully saturated rings. The topological polar surface area (TPSA) is 6.48 Å². The minimum Gasteiger partial charge on any atom is -0.328 e. The van der Waals surface area contributed by atoms with E-state index in [2.05, 4.69) is 0 Å². The molecule has 0 N–H and O–H groups in total. The number of halogens is 4. The van der Waals surface area contributed by atoms with Crippen molar-refractivity contribution >= 4 is 17.1 Å². The highest BCUT2D eigenvalue weighted by Crippen LogP contribution is 2.60. The molecule has 1 unspecified atom stereocenters. The number of hydrogen-bond acceptors (Lipinski definition) is 2. The Morgan fingerprint density at radius 2 is 1.65 bits per heavy atom. The molecule has 4 aliphatic rings. The average Bonchev–Trinajstić information content (AvgIpc) is 3.07. The summed E-state index contributed by atoms with van der Waals surface area (Å²) in [4.78, 5) is 3.10. The molecule has 1 atom stereocenters. The first-order valence-electron chi connectivity index (χ1n) is 10.1. The first-order chi connectivity index (χ1) is 14.8. The fraction of sp³-hybridized carbons (Fsp3) is 0.200. The van der Waals surface area contributed by atoms with Gasteiger partial charge in [-0.15, -0.1) is 0 Å². The standard InChI is InChI=1S/C25H18F4N2/c1-14-8-6-11-16-17-12-7-13-18-21(17)31-22(25(28,29)24(18,26)27)20(15-9-4-3-5-10-15)30(2)23(31)19(14)16/h3-13,21H,1-2H3. The third kappa shape index (κ3) is 2.03. The number of hydrogen-bond donors (Lipinski definition) is 0. The van der Waals surface area contributed by atoms with Gasteiger partial charge in [0.1, 0.15) is 11.5 Å². The van der Waals surface area contributed by atoms with E-state index in [1.54, 1.807) is 48.4 Å². The first kappa shape index (κ1) is 18.5. The van der Waals surface area contributed by atoms with Crippen molar-refractivity contribution < 1.29 is 17.6 Å². The maximum absolute atomic E-state index is 15.7. The lowest BCUT2D eigenvalue weighted by atomic mass is 9.78. The Morgan fingerprint density at radius 3 is 2.39 bits per heavy atom. The second kappa shape index (κ2) is 5.69. The third-order valence-electron chi connectivity index (χ3n) is 6.65. The normalized spacial score (nSPS) is 24.3. The van der Waals surface area contributed by atoms with Crippen molar-refractivity contribution in [3.63, 3.8) is 0 Å². The summed E-state index contributed by atoms with van der Waals surface area (Å²) in [5.41, 5.74) is 0.924. The molecule has 0 aromatic heterocycles. The zero-order chi connectivity index (χ0) is 21.7. The summed E-state index contributed by atoms with van der Waals surface area (Å²) in [7, 11) is 1.68. The molecular formula is C25H18F4N2. The Hall–Kier alpha value is -3.28. The highest BCUT2D eigenvalue weighted by Gasteiger charge is 2.71. The molecule has 2 aromatic rings. The fourth-order valence-corrected chi connectivity index (χ4v) is 5.34. The van der Waals surface area contributed by atoms with Crippen LogP contribution in [0.5, 0.6) is 0 Å². The Labute approximate surface area is 176 Å². The van der Waals surface area contributed by atoms with Crippen LogP contribution in [0, 0.1) is 6.92 Å². The minimum absolute atomic E-state index is 0.115. The molecule has 0 bridgehead atoms. The van der Waals surface area contributed by atoms with Gasteiger partial charge in [0.2, 0.25) is 0 Å². The van der Waals surface area contributed by atoms with E-state index in [-0.39, 0.29) is 5.70 Å². The number of nitrogens with zero attached hydrogens (tertiary/aromatic N) is 2. The van der Waals surface area contributed by atoms with Crippen molar-refractivity contribution in [2.45, 2.75) is 24.8 Å². The molecule has 3 aliphatic heterocycles. The molecule has 0 amide bonds. The van der Waals surface area contributed by atoms with Gasteiger partial charge >= 0.3 is 11.8 Å². The van der Waals surface area contributed by atoms with Crippen molar-refractivity contribution in [2.24, 2.45) is 0 Å². The molecule has 2 nitrogen and oxygen atoms in total. The Morgan fingerprint density at radius 1 is 0.903 bits per heavy atom. The van der Waals surface area contributed by atoms with Crippen LogP contribution in [-0.2, 0) is 0 Å². The number of alkyl halides is 4. The van der Waals surface area contributed by atoms with Crippen molar-refractivity contribution in [2.75, 3.05) is 7.05 Å². The molecule has 1 saturated heterocycles. The largest absolute Gasteiger partial charge is 0.356 e. The number of benzene rings is 2. The Kier molecular flexibility index (Phi) is 3.39. The van der Waals surface area contributed by atoms with Crippen molar-refractivity contribution in [3.8, 4) is 0 Å². The van der Waals surface area contributed by atoms with E-state index < -0.39 is 29.2 Å². The van der Waals surface area contributed by atoms with Crippen molar-refractivity contribution in [1.82, 2.24) is 9.80 Å². The second-order valence-corrected chi connectivity index (χ2v) is 8.30. The van der Waals surface area contributed by atoms with E-state index in [1.807, 2.05) is 25.1 Å². The van der Waals surface area contributed by atoms with Crippen LogP contribution in [0.25, 0.3) is 17.1 Å². The number of fused-ring (bicyclic) bond motifs is 1. The van der Waals surface area contributed by atoms with Gasteiger partial charge in [0.15, 0.2) is 0 Å². The van der Waals surface area contributed by atoms with Gasteiger partial charge in [-0.1, -0.05) is 66.8 Å². The summed E-state index contributed by atoms with van der Waals surface area (Å²) >= 11 is 0. The van der Waals surface area contributed by atoms with Crippen LogP contribution >= 0.6 is 0 Å². The minimum atomic E-state index is -4.37. The van der Waals surface area contributed by atoms with Crippen molar-refractivity contribution in [1.29, 1.82) is 0 Å². The first-order valence-corrected chi connectivity index (χ1v) is 10.1. The highest BCUT2D eigenvalue weighted by molar-refractivity contribution is 5.87. The lowest BCUT2D eigenvalue weighted by Crippen LogP contribution is -2.62. The van der Waals surface area contributed by atoms with Gasteiger partial charge in [0.05, 0.1) is 11.7 Å². The number of piperidine rings is 1. The number of allylic oxidation sites excluding steroid dienone is 3. The predicted molar refractivity (Wildman–Crippen MR) is 111 cm³/mol. The number of aryl methyl sites for hydroxylation is 1. The summed E-state index contributed by atoms with van der Waals surface area (Å²) in [5.74, 6) is -8.16. The second-order valence-electron chi connectivity index (χ2n) is 8.30. The smallest absolute Gasteiger partial charge is 0.328 e. The lowest BCUT2D eigenvalue weighted by molar-refractivity contribution is -0.184. The van der Waals surface area contributed by atoms with Gasteiger partial charge < -0.3 is 9.80 Å². The van der Waals surface area contributed by atoms with E-state index in [0.717, 1.165) is 22.1 Å². The predicted octanol–water partition coefficient (Wildman–Crippen LogP) is 3.99. The van der Waals surface area contributed by atoms with Crippen LogP contribution in [0.3, 0.4) is 0 Å². The molecule has 0 spiro atoms. The van der Waals surface area contributed by atoms with Crippen LogP contribution in [0.4, 0.5) is 17.6 Å². The van der Waals surface area contributed by atoms with E-state index in [0.29, 0.717) is 17.0 Å². The summed E-state index contributed by atoms with van der Waals surface area (Å²) in [6.45, 7) is 1.92. The Bertz CT molecular complexity index is 1370. The van der Waals surface area contributed by atoms with Gasteiger partial charge in [-0.3, -0.25) is 0 Å². The maximum atomic E-state index is 15.7. The van der Waals surface area contributed by atoms with Gasteiger partial charge in [-0.2, -0.15) is 17.6 Å². The molecule has 3 heterocycles. The monoisotopic (exact) mass is 422 g/mol. The van der Waals surface area contributed by atoms with Crippen LogP contribution in [-0.4, -0.2) is 34.7 Å². The molecule has 6 heteroatoms. The summed E-state index contributed by atoms with van der Waals surface area (Å²) in [6.07, 6.45) is 4.37. The molecule has 156 valence electrons. The van der Waals surface area contributed by atoms with E-state index in [4.69, 9.17) is 0 Å². The SMILES string of the molecule is Cc1cccc2c1=C1N(C)C(c3ccccc3)=C3N1C1C(=CC=CC=21)C(F)(F)C3(F)F. The van der Waals surface area contributed by atoms with Gasteiger partial charge in [0, 0.05) is 23.4 Å². The highest BCUT2D eigenvalue weighted by atomic mass is 19.3. The van der Waals surface area contributed by atoms with Crippen LogP contribution < -0.4 is 10.4 Å². The molecule has 31 heavy (non-hydrogen) atoms. The molecular weight excluding hydrogens is 404 g/mol. The number of rotatable bonds is 1. The zero-order valence-corrected chi connectivity index (χ0v) is 16.8. The van der Waals surface area contributed by atoms with Gasteiger partial charge in [0.25, 0.3) is 0 Å². The van der Waals surface area contributed by atoms with E-state index in [1.165, 1.54) is 11.0 Å². The quantitative estimate of drug-likeness (QED) is 0.642. The third-order valence-corrected chi connectivity index (χ3v) is 6.65. The molecule has 2 aromatic carbocycles. The molecule has 0 saturated carbocycles. The Balaban J connectivity index is 1.83. The van der Waals surface area contributed by atoms with Crippen LogP contribution in [0.1, 0.15) is 11.1 Å². The van der Waals surface area contributed by atoms with Crippen molar-refractivity contribution in [3.05, 3.63) is 99.6 Å². The molecule has 1 aliphatic carbocycles. The van der Waals surface area contributed by atoms with Gasteiger partial charge in [-0.25, -0.2) is 0 Å². The van der Waals surface area contributed by atoms with E-state index >= 15 is 17.6 Å². The summed E-state index contributed by atoms with van der Waals surface area (Å²) in [5, 5.41) is 1.60. The average molecular weight is 422 g/mol. The zero-order valence-electron chi connectivity index (χ0n) is 16.8. The van der Waals surface area contributed by atoms with Gasteiger partial charge in [-0.05, 0) is 23.3 Å². The molecule has 0 radical (unpaired) electrons. The van der Waals surface area contributed by atoms with Crippen LogP contribution in [0.15, 0.2) is 78.0 Å². The maximum Gasteiger partial charge on any atom is 0.356 e. The summed E-state index contributed by atoms with van der Waals surface area (Å²) in [6, 6.07) is 13.3.